The van der Waals surface area contributed by atoms with Crippen LogP contribution >= 0.6 is 11.8 Å². The van der Waals surface area contributed by atoms with Crippen LogP contribution in [0.3, 0.4) is 0 Å². The fourth-order valence-corrected chi connectivity index (χ4v) is 4.12. The van der Waals surface area contributed by atoms with Crippen molar-refractivity contribution < 1.29 is 19.5 Å². The van der Waals surface area contributed by atoms with Crippen LogP contribution in [-0.2, 0) is 0 Å². The first-order valence-corrected chi connectivity index (χ1v) is 9.62. The average Bonchev–Trinajstić information content (AvgIpc) is 2.94. The zero-order chi connectivity index (χ0) is 20.5. The number of phenols is 1. The van der Waals surface area contributed by atoms with Gasteiger partial charge in [-0.25, -0.2) is 0 Å². The Morgan fingerprint density at radius 2 is 1.62 bits per heavy atom. The van der Waals surface area contributed by atoms with Gasteiger partial charge in [-0.1, -0.05) is 42.1 Å². The first kappa shape index (κ1) is 18.8. The van der Waals surface area contributed by atoms with Crippen LogP contribution in [0, 0.1) is 6.92 Å². The van der Waals surface area contributed by atoms with E-state index in [9.17, 15) is 19.5 Å². The van der Waals surface area contributed by atoms with E-state index in [0.717, 1.165) is 9.79 Å². The summed E-state index contributed by atoms with van der Waals surface area (Å²) < 4.78 is 0. The maximum absolute atomic E-state index is 12.8. The van der Waals surface area contributed by atoms with Gasteiger partial charge < -0.3 is 5.11 Å². The molecule has 0 aromatic heterocycles. The quantitative estimate of drug-likeness (QED) is 0.646. The molecule has 3 aromatic rings. The highest BCUT2D eigenvalue weighted by Gasteiger charge is 2.39. The fourth-order valence-electron chi connectivity index (χ4n) is 3.14. The number of benzene rings is 3. The third kappa shape index (κ3) is 3.48. The van der Waals surface area contributed by atoms with Crippen molar-refractivity contribution in [1.82, 2.24) is 10.4 Å². The number of hydrazine groups is 1. The third-order valence-electron chi connectivity index (χ3n) is 4.50. The molecule has 144 valence electrons. The van der Waals surface area contributed by atoms with Crippen molar-refractivity contribution in [3.05, 3.63) is 89.0 Å². The Balaban J connectivity index is 1.62. The van der Waals surface area contributed by atoms with E-state index in [1.54, 1.807) is 25.1 Å². The van der Waals surface area contributed by atoms with Crippen LogP contribution in [0.15, 0.2) is 76.5 Å². The first-order valence-electron chi connectivity index (χ1n) is 8.81. The molecule has 0 saturated heterocycles. The predicted molar refractivity (Wildman–Crippen MR) is 108 cm³/mol. The van der Waals surface area contributed by atoms with E-state index in [0.29, 0.717) is 10.6 Å². The highest BCUT2D eigenvalue weighted by atomic mass is 32.2. The van der Waals surface area contributed by atoms with E-state index < -0.39 is 17.7 Å². The zero-order valence-electron chi connectivity index (χ0n) is 15.4. The van der Waals surface area contributed by atoms with Crippen molar-refractivity contribution in [3.8, 4) is 5.75 Å². The number of hydrogen-bond acceptors (Lipinski definition) is 5. The molecule has 0 bridgehead atoms. The summed E-state index contributed by atoms with van der Waals surface area (Å²) >= 11 is 1.48. The molecule has 1 aliphatic rings. The summed E-state index contributed by atoms with van der Waals surface area (Å²) in [5, 5.41) is 10.5. The molecule has 0 unspecified atom stereocenters. The van der Waals surface area contributed by atoms with Crippen molar-refractivity contribution in [3.63, 3.8) is 0 Å². The van der Waals surface area contributed by atoms with Crippen molar-refractivity contribution >= 4 is 29.5 Å². The number of amides is 3. The average molecular weight is 404 g/mol. The number of rotatable bonds is 4. The van der Waals surface area contributed by atoms with Crippen LogP contribution in [0.25, 0.3) is 0 Å². The lowest BCUT2D eigenvalue weighted by molar-refractivity contribution is 0.0517. The summed E-state index contributed by atoms with van der Waals surface area (Å²) in [6.07, 6.45) is 0. The van der Waals surface area contributed by atoms with Crippen LogP contribution in [0.1, 0.15) is 36.6 Å². The Bertz CT molecular complexity index is 1140. The van der Waals surface area contributed by atoms with E-state index in [1.807, 2.05) is 36.4 Å². The first-order chi connectivity index (χ1) is 14.0. The minimum atomic E-state index is -0.742. The molecule has 4 rings (SSSR count). The monoisotopic (exact) mass is 404 g/mol. The van der Waals surface area contributed by atoms with E-state index >= 15 is 0 Å². The van der Waals surface area contributed by atoms with Crippen LogP contribution in [0.5, 0.6) is 5.75 Å². The molecule has 0 aliphatic carbocycles. The summed E-state index contributed by atoms with van der Waals surface area (Å²) in [5.41, 5.74) is 3.44. The summed E-state index contributed by atoms with van der Waals surface area (Å²) in [7, 11) is 0. The number of carbonyl (C=O) groups is 3. The molecule has 0 spiro atoms. The molecular formula is C22H16N2O4S. The lowest BCUT2D eigenvalue weighted by atomic mass is 10.0. The van der Waals surface area contributed by atoms with Crippen molar-refractivity contribution in [2.45, 2.75) is 16.7 Å². The molecule has 0 radical (unpaired) electrons. The number of phenolic OH excluding ortho intramolecular Hbond substituents is 1. The lowest BCUT2D eigenvalue weighted by Crippen LogP contribution is -2.45. The predicted octanol–water partition coefficient (Wildman–Crippen LogP) is 3.79. The molecule has 0 saturated carbocycles. The molecule has 7 heteroatoms. The number of aryl methyl sites for hydroxylation is 1. The number of carbonyl (C=O) groups excluding carboxylic acids is 3. The van der Waals surface area contributed by atoms with Gasteiger partial charge in [-0.2, -0.15) is 5.01 Å². The fraction of sp³-hybridized carbons (Fsp3) is 0.0455. The van der Waals surface area contributed by atoms with Gasteiger partial charge in [0, 0.05) is 9.79 Å². The number of nitrogens with zero attached hydrogens (tertiary/aromatic N) is 1. The van der Waals surface area contributed by atoms with E-state index in [4.69, 9.17) is 0 Å². The molecule has 2 N–H and O–H groups in total. The number of aromatic hydroxyl groups is 1. The maximum Gasteiger partial charge on any atom is 0.280 e. The van der Waals surface area contributed by atoms with Gasteiger partial charge in [0.25, 0.3) is 17.7 Å². The molecule has 1 aliphatic heterocycles. The highest BCUT2D eigenvalue weighted by molar-refractivity contribution is 7.99. The molecule has 0 fully saturated rings. The van der Waals surface area contributed by atoms with Gasteiger partial charge in [0.15, 0.2) is 0 Å². The van der Waals surface area contributed by atoms with Crippen molar-refractivity contribution in [2.24, 2.45) is 0 Å². The van der Waals surface area contributed by atoms with Crippen LogP contribution in [0.2, 0.25) is 0 Å². The van der Waals surface area contributed by atoms with Gasteiger partial charge in [0.05, 0.1) is 16.7 Å². The molecule has 0 atom stereocenters. The molecule has 6 nitrogen and oxygen atoms in total. The lowest BCUT2D eigenvalue weighted by Gasteiger charge is -2.15. The van der Waals surface area contributed by atoms with Gasteiger partial charge in [0.2, 0.25) is 0 Å². The van der Waals surface area contributed by atoms with Crippen molar-refractivity contribution in [2.75, 3.05) is 0 Å². The summed E-state index contributed by atoms with van der Waals surface area (Å²) in [4.78, 5) is 39.9. The van der Waals surface area contributed by atoms with E-state index in [2.05, 4.69) is 5.43 Å². The second kappa shape index (κ2) is 7.44. The standard InChI is InChI=1S/C22H16N2O4S/c1-13-11-15(29-14-7-3-2-4-8-14)12-17-19(13)22(28)24(21(17)27)23-20(26)16-9-5-6-10-18(16)25/h2-12,25H,1H3,(H,23,26). The number of fused-ring (bicyclic) bond motifs is 1. The second-order valence-corrected chi connectivity index (χ2v) is 7.63. The van der Waals surface area contributed by atoms with Crippen LogP contribution in [-0.4, -0.2) is 27.8 Å². The van der Waals surface area contributed by atoms with Crippen molar-refractivity contribution in [1.29, 1.82) is 0 Å². The van der Waals surface area contributed by atoms with Crippen LogP contribution < -0.4 is 5.43 Å². The SMILES string of the molecule is Cc1cc(Sc2ccccc2)cc2c1C(=O)N(NC(=O)c1ccccc1O)C2=O. The molecule has 1 heterocycles. The normalized spacial score (nSPS) is 12.8. The maximum atomic E-state index is 12.8. The summed E-state index contributed by atoms with van der Waals surface area (Å²) in [5.74, 6) is -2.18. The third-order valence-corrected chi connectivity index (χ3v) is 5.48. The molecule has 29 heavy (non-hydrogen) atoms. The zero-order valence-corrected chi connectivity index (χ0v) is 16.2. The summed E-state index contributed by atoms with van der Waals surface area (Å²) in [6.45, 7) is 1.76. The van der Waals surface area contributed by atoms with Gasteiger partial charge in [-0.15, -0.1) is 0 Å². The Morgan fingerprint density at radius 1 is 0.931 bits per heavy atom. The largest absolute Gasteiger partial charge is 0.507 e. The Morgan fingerprint density at radius 3 is 2.34 bits per heavy atom. The minimum absolute atomic E-state index is 0.0268. The minimum Gasteiger partial charge on any atom is -0.507 e. The Hall–Kier alpha value is -3.58. The number of imide groups is 1. The highest BCUT2D eigenvalue weighted by Crippen LogP contribution is 2.34. The van der Waals surface area contributed by atoms with Gasteiger partial charge in [0.1, 0.15) is 5.75 Å². The molecule has 3 amide bonds. The number of nitrogens with one attached hydrogen (secondary N) is 1. The molecule has 3 aromatic carbocycles. The van der Waals surface area contributed by atoms with E-state index in [-0.39, 0.29) is 22.4 Å². The Kier molecular flexibility index (Phi) is 4.82. The van der Waals surface area contributed by atoms with Crippen LogP contribution in [0.4, 0.5) is 0 Å². The summed E-state index contributed by atoms with van der Waals surface area (Å²) in [6, 6.07) is 19.1. The number of hydrogen-bond donors (Lipinski definition) is 2. The number of para-hydroxylation sites is 1. The van der Waals surface area contributed by atoms with Gasteiger partial charge in [-0.3, -0.25) is 19.8 Å². The smallest absolute Gasteiger partial charge is 0.280 e. The Labute approximate surface area is 171 Å². The van der Waals surface area contributed by atoms with Gasteiger partial charge in [-0.05, 0) is 48.9 Å². The second-order valence-electron chi connectivity index (χ2n) is 6.48. The topological polar surface area (TPSA) is 86.7 Å². The van der Waals surface area contributed by atoms with E-state index in [1.165, 1.54) is 23.9 Å². The van der Waals surface area contributed by atoms with Gasteiger partial charge >= 0.3 is 0 Å². The molecular weight excluding hydrogens is 388 g/mol.